The number of nitrogen functional groups attached to an aromatic ring is 1. The van der Waals surface area contributed by atoms with Crippen LogP contribution in [-0.2, 0) is 6.54 Å². The van der Waals surface area contributed by atoms with Crippen molar-refractivity contribution in [3.05, 3.63) is 23.8 Å². The summed E-state index contributed by atoms with van der Waals surface area (Å²) in [6.45, 7) is -0.334. The summed E-state index contributed by atoms with van der Waals surface area (Å²) in [5.41, 5.74) is 6.33. The SMILES string of the molecule is COc1c(N)cccc1CN(C(=O)O)C(=O)O. The molecule has 0 saturated carbocycles. The van der Waals surface area contributed by atoms with Crippen LogP contribution in [0.15, 0.2) is 18.2 Å². The number of anilines is 1. The Morgan fingerprint density at radius 3 is 2.41 bits per heavy atom. The van der Waals surface area contributed by atoms with Crippen molar-refractivity contribution in [2.45, 2.75) is 6.54 Å². The Hall–Kier alpha value is -2.44. The minimum atomic E-state index is -1.55. The van der Waals surface area contributed by atoms with Gasteiger partial charge in [0.15, 0.2) is 0 Å². The van der Waals surface area contributed by atoms with E-state index in [-0.39, 0.29) is 17.2 Å². The first-order chi connectivity index (χ1) is 7.97. The molecule has 1 aromatic carbocycles. The van der Waals surface area contributed by atoms with Gasteiger partial charge >= 0.3 is 12.2 Å². The van der Waals surface area contributed by atoms with Gasteiger partial charge in [0.2, 0.25) is 0 Å². The monoisotopic (exact) mass is 240 g/mol. The van der Waals surface area contributed by atoms with Gasteiger partial charge in [-0.15, -0.1) is 0 Å². The van der Waals surface area contributed by atoms with E-state index in [1.165, 1.54) is 7.11 Å². The molecule has 0 saturated heterocycles. The van der Waals surface area contributed by atoms with Crippen LogP contribution in [0.2, 0.25) is 0 Å². The molecule has 1 rings (SSSR count). The summed E-state index contributed by atoms with van der Waals surface area (Å²) in [5, 5.41) is 17.4. The lowest BCUT2D eigenvalue weighted by molar-refractivity contribution is 0.120. The van der Waals surface area contributed by atoms with Crippen LogP contribution < -0.4 is 10.5 Å². The maximum atomic E-state index is 10.7. The first-order valence-electron chi connectivity index (χ1n) is 4.62. The Labute approximate surface area is 97.0 Å². The molecule has 0 spiro atoms. The van der Waals surface area contributed by atoms with Crippen LogP contribution in [0.25, 0.3) is 0 Å². The summed E-state index contributed by atoms with van der Waals surface area (Å²) in [6, 6.07) is 4.72. The number of carbonyl (C=O) groups is 2. The Morgan fingerprint density at radius 2 is 1.94 bits per heavy atom. The molecule has 92 valence electrons. The van der Waals surface area contributed by atoms with Gasteiger partial charge in [-0.2, -0.15) is 0 Å². The zero-order valence-electron chi connectivity index (χ0n) is 9.08. The number of rotatable bonds is 3. The molecule has 0 aromatic heterocycles. The van der Waals surface area contributed by atoms with Crippen molar-refractivity contribution in [3.8, 4) is 5.75 Å². The predicted octanol–water partition coefficient (Wildman–Crippen LogP) is 1.44. The van der Waals surface area contributed by atoms with Crippen molar-refractivity contribution in [2.24, 2.45) is 0 Å². The standard InChI is InChI=1S/C10H12N2O5/c1-17-8-6(3-2-4-7(8)11)5-12(9(13)14)10(15)16/h2-4H,5,11H2,1H3,(H,13,14)(H,15,16). The summed E-state index contributed by atoms with van der Waals surface area (Å²) in [7, 11) is 1.38. The van der Waals surface area contributed by atoms with Gasteiger partial charge in [-0.05, 0) is 6.07 Å². The fraction of sp³-hybridized carbons (Fsp3) is 0.200. The van der Waals surface area contributed by atoms with Crippen molar-refractivity contribution in [2.75, 3.05) is 12.8 Å². The molecule has 0 aliphatic heterocycles. The lowest BCUT2D eigenvalue weighted by Gasteiger charge is -2.16. The average Bonchev–Trinajstić information content (AvgIpc) is 2.25. The zero-order chi connectivity index (χ0) is 13.0. The van der Waals surface area contributed by atoms with Crippen LogP contribution in [-0.4, -0.2) is 34.4 Å². The predicted molar refractivity (Wildman–Crippen MR) is 59.0 cm³/mol. The van der Waals surface area contributed by atoms with Crippen molar-refractivity contribution < 1.29 is 24.5 Å². The highest BCUT2D eigenvalue weighted by Gasteiger charge is 2.21. The Bertz CT molecular complexity index is 432. The number of carboxylic acid groups (broad SMARTS) is 2. The summed E-state index contributed by atoms with van der Waals surface area (Å²) >= 11 is 0. The third-order valence-electron chi connectivity index (χ3n) is 2.12. The molecule has 7 nitrogen and oxygen atoms in total. The minimum absolute atomic E-state index is 0.247. The molecule has 0 atom stereocenters. The molecule has 1 aromatic rings. The second kappa shape index (κ2) is 5.06. The number of benzene rings is 1. The van der Waals surface area contributed by atoms with Gasteiger partial charge in [-0.3, -0.25) is 0 Å². The Kier molecular flexibility index (Phi) is 3.76. The molecule has 0 fully saturated rings. The fourth-order valence-corrected chi connectivity index (χ4v) is 1.37. The quantitative estimate of drug-likeness (QED) is 0.689. The molecule has 4 N–H and O–H groups in total. The first-order valence-corrected chi connectivity index (χ1v) is 4.62. The molecule has 0 aliphatic carbocycles. The van der Waals surface area contributed by atoms with Gasteiger partial charge in [0.25, 0.3) is 0 Å². The lowest BCUT2D eigenvalue weighted by Crippen LogP contribution is -2.33. The third-order valence-corrected chi connectivity index (χ3v) is 2.12. The number of imide groups is 1. The number of nitrogens with zero attached hydrogens (tertiary/aromatic N) is 1. The number of ether oxygens (including phenoxy) is 1. The Balaban J connectivity index is 3.05. The van der Waals surface area contributed by atoms with Crippen molar-refractivity contribution in [1.29, 1.82) is 0 Å². The van der Waals surface area contributed by atoms with Gasteiger partial charge in [0, 0.05) is 5.56 Å². The normalized spacial score (nSPS) is 9.71. The average molecular weight is 240 g/mol. The highest BCUT2D eigenvalue weighted by Crippen LogP contribution is 2.27. The largest absolute Gasteiger partial charge is 0.494 e. The molecule has 0 radical (unpaired) electrons. The van der Waals surface area contributed by atoms with E-state index in [9.17, 15) is 9.59 Å². The maximum absolute atomic E-state index is 10.7. The van der Waals surface area contributed by atoms with E-state index < -0.39 is 12.2 Å². The van der Waals surface area contributed by atoms with E-state index in [0.29, 0.717) is 11.3 Å². The summed E-state index contributed by atoms with van der Waals surface area (Å²) in [6.07, 6.45) is -3.11. The number of hydrogen-bond donors (Lipinski definition) is 3. The summed E-state index contributed by atoms with van der Waals surface area (Å²) in [4.78, 5) is 21.7. The van der Waals surface area contributed by atoms with Crippen LogP contribution in [0.5, 0.6) is 5.75 Å². The molecule has 0 heterocycles. The van der Waals surface area contributed by atoms with E-state index in [1.807, 2.05) is 0 Å². The van der Waals surface area contributed by atoms with E-state index in [4.69, 9.17) is 20.7 Å². The van der Waals surface area contributed by atoms with Gasteiger partial charge in [0.1, 0.15) is 5.75 Å². The number of amides is 2. The molecular formula is C10H12N2O5. The van der Waals surface area contributed by atoms with Gasteiger partial charge in [-0.1, -0.05) is 12.1 Å². The van der Waals surface area contributed by atoms with Gasteiger partial charge in [-0.25, -0.2) is 14.5 Å². The van der Waals surface area contributed by atoms with Crippen molar-refractivity contribution in [1.82, 2.24) is 4.90 Å². The molecule has 0 unspecified atom stereocenters. The number of nitrogens with two attached hydrogens (primary N) is 1. The van der Waals surface area contributed by atoms with Crippen LogP contribution in [0.1, 0.15) is 5.56 Å². The molecular weight excluding hydrogens is 228 g/mol. The maximum Gasteiger partial charge on any atom is 0.417 e. The molecule has 2 amide bonds. The van der Waals surface area contributed by atoms with E-state index in [0.717, 1.165) is 0 Å². The molecule has 0 bridgehead atoms. The van der Waals surface area contributed by atoms with Crippen molar-refractivity contribution >= 4 is 17.9 Å². The van der Waals surface area contributed by atoms with Gasteiger partial charge < -0.3 is 20.7 Å². The lowest BCUT2D eigenvalue weighted by atomic mass is 10.1. The fourth-order valence-electron chi connectivity index (χ4n) is 1.37. The second-order valence-corrected chi connectivity index (χ2v) is 3.19. The number of methoxy groups -OCH3 is 1. The van der Waals surface area contributed by atoms with E-state index >= 15 is 0 Å². The zero-order valence-corrected chi connectivity index (χ0v) is 9.08. The second-order valence-electron chi connectivity index (χ2n) is 3.19. The molecule has 0 aliphatic rings. The third kappa shape index (κ3) is 2.77. The first kappa shape index (κ1) is 12.6. The minimum Gasteiger partial charge on any atom is -0.494 e. The molecule has 17 heavy (non-hydrogen) atoms. The topological polar surface area (TPSA) is 113 Å². The highest BCUT2D eigenvalue weighted by atomic mass is 16.5. The van der Waals surface area contributed by atoms with E-state index in [2.05, 4.69) is 0 Å². The van der Waals surface area contributed by atoms with E-state index in [1.54, 1.807) is 18.2 Å². The van der Waals surface area contributed by atoms with Gasteiger partial charge in [0.05, 0.1) is 19.3 Å². The summed E-state index contributed by atoms with van der Waals surface area (Å²) < 4.78 is 5.00. The highest BCUT2D eigenvalue weighted by molar-refractivity contribution is 5.85. The smallest absolute Gasteiger partial charge is 0.417 e. The Morgan fingerprint density at radius 1 is 1.35 bits per heavy atom. The van der Waals surface area contributed by atoms with Crippen LogP contribution in [0, 0.1) is 0 Å². The van der Waals surface area contributed by atoms with Crippen LogP contribution >= 0.6 is 0 Å². The van der Waals surface area contributed by atoms with Crippen LogP contribution in [0.3, 0.4) is 0 Å². The van der Waals surface area contributed by atoms with Crippen molar-refractivity contribution in [3.63, 3.8) is 0 Å². The van der Waals surface area contributed by atoms with Crippen LogP contribution in [0.4, 0.5) is 15.3 Å². The number of para-hydroxylation sites is 1. The molecule has 7 heteroatoms. The summed E-state index contributed by atoms with van der Waals surface area (Å²) in [5.74, 6) is 0.278. The number of hydrogen-bond acceptors (Lipinski definition) is 4.